The Balaban J connectivity index is 2.16. The lowest BCUT2D eigenvalue weighted by Crippen LogP contribution is -2.36. The van der Waals surface area contributed by atoms with Crippen molar-refractivity contribution in [2.24, 2.45) is 5.92 Å². The number of benzene rings is 1. The average Bonchev–Trinajstić information content (AvgIpc) is 2.58. The van der Waals surface area contributed by atoms with E-state index < -0.39 is 0 Å². The molecule has 0 unspecified atom stereocenters. The van der Waals surface area contributed by atoms with Crippen LogP contribution in [0.2, 0.25) is 0 Å². The van der Waals surface area contributed by atoms with E-state index in [1.54, 1.807) is 6.20 Å². The zero-order chi connectivity index (χ0) is 17.5. The molecule has 0 aliphatic heterocycles. The van der Waals surface area contributed by atoms with E-state index in [4.69, 9.17) is 0 Å². The lowest BCUT2D eigenvalue weighted by atomic mass is 10.1. The Bertz CT molecular complexity index is 653. The van der Waals surface area contributed by atoms with Gasteiger partial charge in [0.15, 0.2) is 0 Å². The van der Waals surface area contributed by atoms with Gasteiger partial charge in [-0.15, -0.1) is 0 Å². The Hall–Kier alpha value is -2.36. The molecule has 1 aromatic heterocycles. The minimum atomic E-state index is -0.0398. The molecule has 4 heteroatoms. The molecule has 0 radical (unpaired) electrons. The number of rotatable bonds is 7. The molecule has 0 aliphatic rings. The first kappa shape index (κ1) is 18.0. The fourth-order valence-electron chi connectivity index (χ4n) is 2.40. The molecule has 1 aromatic carbocycles. The van der Waals surface area contributed by atoms with Gasteiger partial charge in [-0.2, -0.15) is 0 Å². The summed E-state index contributed by atoms with van der Waals surface area (Å²) in [5.41, 5.74) is 2.53. The SMILES string of the molecule is CC(C)CNc1ccnc(C(=O)N(Cc2ccccc2)C(C)C)c1. The number of nitrogens with zero attached hydrogens (tertiary/aromatic N) is 2. The quantitative estimate of drug-likeness (QED) is 0.830. The number of hydrogen-bond acceptors (Lipinski definition) is 3. The maximum absolute atomic E-state index is 12.9. The number of pyridine rings is 1. The topological polar surface area (TPSA) is 45.2 Å². The van der Waals surface area contributed by atoms with Crippen molar-refractivity contribution >= 4 is 11.6 Å². The van der Waals surface area contributed by atoms with Crippen molar-refractivity contribution in [3.63, 3.8) is 0 Å². The van der Waals surface area contributed by atoms with Gasteiger partial charge in [0.05, 0.1) is 0 Å². The van der Waals surface area contributed by atoms with Crippen molar-refractivity contribution < 1.29 is 4.79 Å². The molecule has 0 fully saturated rings. The summed E-state index contributed by atoms with van der Waals surface area (Å²) in [5.74, 6) is 0.504. The van der Waals surface area contributed by atoms with Crippen LogP contribution in [0.1, 0.15) is 43.7 Å². The highest BCUT2D eigenvalue weighted by Crippen LogP contribution is 2.15. The van der Waals surface area contributed by atoms with Crippen LogP contribution in [0.25, 0.3) is 0 Å². The van der Waals surface area contributed by atoms with E-state index in [-0.39, 0.29) is 11.9 Å². The second kappa shape index (κ2) is 8.48. The van der Waals surface area contributed by atoms with Gasteiger partial charge in [-0.05, 0) is 37.5 Å². The molecule has 0 saturated heterocycles. The van der Waals surface area contributed by atoms with Gasteiger partial charge in [0.2, 0.25) is 0 Å². The van der Waals surface area contributed by atoms with Crippen molar-refractivity contribution in [3.05, 3.63) is 59.9 Å². The fourth-order valence-corrected chi connectivity index (χ4v) is 2.40. The Morgan fingerprint density at radius 3 is 2.46 bits per heavy atom. The van der Waals surface area contributed by atoms with Crippen molar-refractivity contribution in [2.45, 2.75) is 40.3 Å². The number of hydrogen-bond donors (Lipinski definition) is 1. The van der Waals surface area contributed by atoms with E-state index in [0.717, 1.165) is 17.8 Å². The van der Waals surface area contributed by atoms with Gasteiger partial charge < -0.3 is 10.2 Å². The zero-order valence-electron chi connectivity index (χ0n) is 15.0. The van der Waals surface area contributed by atoms with Crippen LogP contribution in [-0.4, -0.2) is 28.4 Å². The molecule has 0 bridgehead atoms. The Labute approximate surface area is 144 Å². The maximum atomic E-state index is 12.9. The Morgan fingerprint density at radius 2 is 1.83 bits per heavy atom. The van der Waals surface area contributed by atoms with Crippen LogP contribution in [0.5, 0.6) is 0 Å². The number of amides is 1. The van der Waals surface area contributed by atoms with Crippen LogP contribution in [0.4, 0.5) is 5.69 Å². The first-order valence-electron chi connectivity index (χ1n) is 8.52. The number of carbonyl (C=O) groups excluding carboxylic acids is 1. The van der Waals surface area contributed by atoms with E-state index in [0.29, 0.717) is 18.2 Å². The van der Waals surface area contributed by atoms with Gasteiger partial charge in [0.1, 0.15) is 5.69 Å². The van der Waals surface area contributed by atoms with E-state index in [2.05, 4.69) is 24.1 Å². The summed E-state index contributed by atoms with van der Waals surface area (Å²) in [5, 5.41) is 3.35. The van der Waals surface area contributed by atoms with Crippen LogP contribution < -0.4 is 5.32 Å². The van der Waals surface area contributed by atoms with Crippen molar-refractivity contribution in [2.75, 3.05) is 11.9 Å². The molecule has 1 amide bonds. The van der Waals surface area contributed by atoms with Crippen LogP contribution >= 0.6 is 0 Å². The summed E-state index contributed by atoms with van der Waals surface area (Å²) in [6.07, 6.45) is 1.69. The molecule has 0 saturated carbocycles. The smallest absolute Gasteiger partial charge is 0.273 e. The molecular formula is C20H27N3O. The average molecular weight is 325 g/mol. The van der Waals surface area contributed by atoms with E-state index in [1.807, 2.05) is 61.2 Å². The monoisotopic (exact) mass is 325 g/mol. The first-order chi connectivity index (χ1) is 11.5. The van der Waals surface area contributed by atoms with E-state index in [9.17, 15) is 4.79 Å². The van der Waals surface area contributed by atoms with Crippen molar-refractivity contribution in [1.82, 2.24) is 9.88 Å². The van der Waals surface area contributed by atoms with Crippen LogP contribution in [0.15, 0.2) is 48.7 Å². The highest BCUT2D eigenvalue weighted by molar-refractivity contribution is 5.93. The maximum Gasteiger partial charge on any atom is 0.273 e. The second-order valence-corrected chi connectivity index (χ2v) is 6.72. The molecule has 128 valence electrons. The summed E-state index contributed by atoms with van der Waals surface area (Å²) in [6.45, 7) is 9.82. The van der Waals surface area contributed by atoms with Gasteiger partial charge in [0, 0.05) is 31.0 Å². The third-order valence-corrected chi connectivity index (χ3v) is 3.77. The molecule has 24 heavy (non-hydrogen) atoms. The summed E-state index contributed by atoms with van der Waals surface area (Å²) in [4.78, 5) is 19.0. The highest BCUT2D eigenvalue weighted by atomic mass is 16.2. The lowest BCUT2D eigenvalue weighted by molar-refractivity contribution is 0.0684. The highest BCUT2D eigenvalue weighted by Gasteiger charge is 2.20. The molecule has 4 nitrogen and oxygen atoms in total. The third kappa shape index (κ3) is 5.08. The molecule has 0 aliphatic carbocycles. The standard InChI is InChI=1S/C20H27N3O/c1-15(2)13-22-18-10-11-21-19(12-18)20(24)23(16(3)4)14-17-8-6-5-7-9-17/h5-12,15-16H,13-14H2,1-4H3,(H,21,22). The molecule has 2 rings (SSSR count). The second-order valence-electron chi connectivity index (χ2n) is 6.72. The van der Waals surface area contributed by atoms with Gasteiger partial charge in [-0.1, -0.05) is 44.2 Å². The van der Waals surface area contributed by atoms with Gasteiger partial charge in [0.25, 0.3) is 5.91 Å². The predicted octanol–water partition coefficient (Wildman–Crippen LogP) is 4.20. The van der Waals surface area contributed by atoms with Crippen molar-refractivity contribution in [1.29, 1.82) is 0 Å². The minimum absolute atomic E-state index is 0.0398. The Morgan fingerprint density at radius 1 is 1.12 bits per heavy atom. The summed E-state index contributed by atoms with van der Waals surface area (Å²) >= 11 is 0. The molecule has 0 atom stereocenters. The molecular weight excluding hydrogens is 298 g/mol. The third-order valence-electron chi connectivity index (χ3n) is 3.77. The molecule has 1 N–H and O–H groups in total. The van der Waals surface area contributed by atoms with Gasteiger partial charge >= 0.3 is 0 Å². The molecule has 2 aromatic rings. The van der Waals surface area contributed by atoms with E-state index >= 15 is 0 Å². The van der Waals surface area contributed by atoms with Crippen LogP contribution in [-0.2, 0) is 6.54 Å². The molecule has 1 heterocycles. The predicted molar refractivity (Wildman–Crippen MR) is 99.0 cm³/mol. The number of aromatic nitrogens is 1. The normalized spacial score (nSPS) is 10.9. The van der Waals surface area contributed by atoms with Crippen LogP contribution in [0, 0.1) is 5.92 Å². The summed E-state index contributed by atoms with van der Waals surface area (Å²) < 4.78 is 0. The molecule has 0 spiro atoms. The summed E-state index contributed by atoms with van der Waals surface area (Å²) in [7, 11) is 0. The fraction of sp³-hybridized carbons (Fsp3) is 0.400. The minimum Gasteiger partial charge on any atom is -0.385 e. The number of anilines is 1. The van der Waals surface area contributed by atoms with E-state index in [1.165, 1.54) is 0 Å². The first-order valence-corrected chi connectivity index (χ1v) is 8.52. The zero-order valence-corrected chi connectivity index (χ0v) is 15.0. The Kier molecular flexibility index (Phi) is 6.36. The van der Waals surface area contributed by atoms with Crippen molar-refractivity contribution in [3.8, 4) is 0 Å². The van der Waals surface area contributed by atoms with Gasteiger partial charge in [-0.25, -0.2) is 0 Å². The van der Waals surface area contributed by atoms with Crippen LogP contribution in [0.3, 0.4) is 0 Å². The van der Waals surface area contributed by atoms with Gasteiger partial charge in [-0.3, -0.25) is 9.78 Å². The number of nitrogens with one attached hydrogen (secondary N) is 1. The summed E-state index contributed by atoms with van der Waals surface area (Å²) in [6, 6.07) is 13.9. The largest absolute Gasteiger partial charge is 0.385 e. The number of carbonyl (C=O) groups is 1. The lowest BCUT2D eigenvalue weighted by Gasteiger charge is -2.26.